The Bertz CT molecular complexity index is 466. The van der Waals surface area contributed by atoms with Crippen molar-refractivity contribution < 1.29 is 0 Å². The molecule has 3 nitrogen and oxygen atoms in total. The average Bonchev–Trinajstić information content (AvgIpc) is 2.98. The zero-order chi connectivity index (χ0) is 14.9. The largest absolute Gasteiger partial charge is 0.356 e. The molecule has 21 heavy (non-hydrogen) atoms. The van der Waals surface area contributed by atoms with Crippen LogP contribution in [0.4, 0.5) is 5.82 Å². The van der Waals surface area contributed by atoms with Crippen LogP contribution in [0.3, 0.4) is 0 Å². The summed E-state index contributed by atoms with van der Waals surface area (Å²) in [6.45, 7) is 10.1. The van der Waals surface area contributed by atoms with Crippen molar-refractivity contribution in [3.8, 4) is 0 Å². The van der Waals surface area contributed by atoms with Crippen LogP contribution in [-0.2, 0) is 6.42 Å². The van der Waals surface area contributed by atoms with Gasteiger partial charge in [-0.15, -0.1) is 0 Å². The summed E-state index contributed by atoms with van der Waals surface area (Å²) in [4.78, 5) is 7.40. The van der Waals surface area contributed by atoms with Gasteiger partial charge in [0.05, 0.1) is 0 Å². The standard InChI is InChI=1S/C18H29N3/c1-18(2,3)19-11-10-16-8-5-9-17(20-16)21-12-14-6-4-7-15(14)13-21/h5,8-9,14-15,19H,4,6-7,10-13H2,1-3H3. The molecular weight excluding hydrogens is 258 g/mol. The molecule has 1 aromatic rings. The molecular formula is C18H29N3. The van der Waals surface area contributed by atoms with Crippen LogP contribution in [0.25, 0.3) is 0 Å². The Hall–Kier alpha value is -1.09. The zero-order valence-corrected chi connectivity index (χ0v) is 13.7. The highest BCUT2D eigenvalue weighted by Gasteiger charge is 2.36. The number of rotatable bonds is 4. The number of nitrogens with zero attached hydrogens (tertiary/aromatic N) is 2. The van der Waals surface area contributed by atoms with Crippen molar-refractivity contribution in [3.05, 3.63) is 23.9 Å². The third kappa shape index (κ3) is 3.76. The number of hydrogen-bond donors (Lipinski definition) is 1. The topological polar surface area (TPSA) is 28.2 Å². The van der Waals surface area contributed by atoms with E-state index in [-0.39, 0.29) is 5.54 Å². The minimum Gasteiger partial charge on any atom is -0.356 e. The van der Waals surface area contributed by atoms with Crippen molar-refractivity contribution in [3.63, 3.8) is 0 Å². The first-order chi connectivity index (χ1) is 10.0. The van der Waals surface area contributed by atoms with Gasteiger partial charge < -0.3 is 10.2 Å². The lowest BCUT2D eigenvalue weighted by atomic mass is 10.0. The fourth-order valence-corrected chi connectivity index (χ4v) is 3.77. The van der Waals surface area contributed by atoms with E-state index in [4.69, 9.17) is 4.98 Å². The Morgan fingerprint density at radius 3 is 2.57 bits per heavy atom. The summed E-state index contributed by atoms with van der Waals surface area (Å²) in [6.07, 6.45) is 5.30. The van der Waals surface area contributed by atoms with Crippen LogP contribution in [0.1, 0.15) is 45.7 Å². The van der Waals surface area contributed by atoms with E-state index in [9.17, 15) is 0 Å². The SMILES string of the molecule is CC(C)(C)NCCc1cccc(N2CC3CCCC3C2)n1. The van der Waals surface area contributed by atoms with E-state index in [2.05, 4.69) is 49.2 Å². The van der Waals surface area contributed by atoms with Crippen molar-refractivity contribution >= 4 is 5.82 Å². The molecule has 0 amide bonds. The highest BCUT2D eigenvalue weighted by molar-refractivity contribution is 5.41. The van der Waals surface area contributed by atoms with Crippen LogP contribution in [0.15, 0.2) is 18.2 Å². The number of nitrogens with one attached hydrogen (secondary N) is 1. The number of anilines is 1. The molecule has 0 radical (unpaired) electrons. The van der Waals surface area contributed by atoms with Gasteiger partial charge in [0.25, 0.3) is 0 Å². The molecule has 1 saturated heterocycles. The molecule has 2 unspecified atom stereocenters. The Morgan fingerprint density at radius 2 is 1.90 bits per heavy atom. The summed E-state index contributed by atoms with van der Waals surface area (Å²) in [5.41, 5.74) is 1.39. The van der Waals surface area contributed by atoms with Gasteiger partial charge in [0, 0.05) is 37.3 Å². The summed E-state index contributed by atoms with van der Waals surface area (Å²) < 4.78 is 0. The van der Waals surface area contributed by atoms with E-state index in [0.717, 1.165) is 24.8 Å². The molecule has 3 heteroatoms. The number of fused-ring (bicyclic) bond motifs is 1. The van der Waals surface area contributed by atoms with E-state index in [0.29, 0.717) is 0 Å². The van der Waals surface area contributed by atoms with Crippen molar-refractivity contribution in [2.75, 3.05) is 24.5 Å². The first kappa shape index (κ1) is 14.8. The first-order valence-corrected chi connectivity index (χ1v) is 8.47. The van der Waals surface area contributed by atoms with E-state index in [1.165, 1.54) is 43.9 Å². The van der Waals surface area contributed by atoms with Gasteiger partial charge in [-0.05, 0) is 57.6 Å². The predicted molar refractivity (Wildman–Crippen MR) is 88.7 cm³/mol. The minimum atomic E-state index is 0.185. The maximum atomic E-state index is 4.89. The Labute approximate surface area is 129 Å². The Balaban J connectivity index is 1.58. The fraction of sp³-hybridized carbons (Fsp3) is 0.722. The highest BCUT2D eigenvalue weighted by atomic mass is 15.2. The van der Waals surface area contributed by atoms with E-state index in [1.807, 2.05) is 0 Å². The summed E-state index contributed by atoms with van der Waals surface area (Å²) >= 11 is 0. The molecule has 1 aromatic heterocycles. The molecule has 0 spiro atoms. The van der Waals surface area contributed by atoms with Crippen LogP contribution in [0, 0.1) is 11.8 Å². The molecule has 2 fully saturated rings. The average molecular weight is 287 g/mol. The maximum Gasteiger partial charge on any atom is 0.128 e. The molecule has 2 aliphatic rings. The zero-order valence-electron chi connectivity index (χ0n) is 13.7. The first-order valence-electron chi connectivity index (χ1n) is 8.47. The fourth-order valence-electron chi connectivity index (χ4n) is 3.77. The third-order valence-electron chi connectivity index (χ3n) is 4.88. The van der Waals surface area contributed by atoms with E-state index < -0.39 is 0 Å². The lowest BCUT2D eigenvalue weighted by molar-refractivity contribution is 0.428. The molecule has 1 aliphatic carbocycles. The van der Waals surface area contributed by atoms with Gasteiger partial charge >= 0.3 is 0 Å². The molecule has 0 bridgehead atoms. The van der Waals surface area contributed by atoms with Gasteiger partial charge in [-0.2, -0.15) is 0 Å². The van der Waals surface area contributed by atoms with Crippen molar-refractivity contribution in [2.24, 2.45) is 11.8 Å². The van der Waals surface area contributed by atoms with Gasteiger partial charge in [0.2, 0.25) is 0 Å². The smallest absolute Gasteiger partial charge is 0.128 e. The van der Waals surface area contributed by atoms with Gasteiger partial charge in [0.15, 0.2) is 0 Å². The second-order valence-electron chi connectivity index (χ2n) is 7.77. The number of aromatic nitrogens is 1. The minimum absolute atomic E-state index is 0.185. The summed E-state index contributed by atoms with van der Waals surface area (Å²) in [5.74, 6) is 3.05. The second kappa shape index (κ2) is 5.96. The highest BCUT2D eigenvalue weighted by Crippen LogP contribution is 2.39. The molecule has 3 rings (SSSR count). The molecule has 1 N–H and O–H groups in total. The lowest BCUT2D eigenvalue weighted by Gasteiger charge is -2.21. The molecule has 2 atom stereocenters. The number of hydrogen-bond acceptors (Lipinski definition) is 3. The molecule has 1 aliphatic heterocycles. The summed E-state index contributed by atoms with van der Waals surface area (Å²) in [5, 5.41) is 3.54. The quantitative estimate of drug-likeness (QED) is 0.921. The van der Waals surface area contributed by atoms with Crippen molar-refractivity contribution in [2.45, 2.75) is 52.0 Å². The van der Waals surface area contributed by atoms with E-state index >= 15 is 0 Å². The predicted octanol–water partition coefficient (Wildman–Crippen LogP) is 3.25. The van der Waals surface area contributed by atoms with Crippen LogP contribution < -0.4 is 10.2 Å². The second-order valence-corrected chi connectivity index (χ2v) is 7.77. The van der Waals surface area contributed by atoms with E-state index in [1.54, 1.807) is 0 Å². The molecule has 116 valence electrons. The summed E-state index contributed by atoms with van der Waals surface area (Å²) in [6, 6.07) is 6.51. The monoisotopic (exact) mass is 287 g/mol. The lowest BCUT2D eigenvalue weighted by Crippen LogP contribution is -2.37. The van der Waals surface area contributed by atoms with Gasteiger partial charge in [-0.25, -0.2) is 4.98 Å². The molecule has 2 heterocycles. The summed E-state index contributed by atoms with van der Waals surface area (Å²) in [7, 11) is 0. The van der Waals surface area contributed by atoms with Gasteiger partial charge in [-0.3, -0.25) is 0 Å². The number of pyridine rings is 1. The maximum absolute atomic E-state index is 4.89. The van der Waals surface area contributed by atoms with Crippen molar-refractivity contribution in [1.82, 2.24) is 10.3 Å². The van der Waals surface area contributed by atoms with Gasteiger partial charge in [0.1, 0.15) is 5.82 Å². The van der Waals surface area contributed by atoms with Crippen molar-refractivity contribution in [1.29, 1.82) is 0 Å². The Kier molecular flexibility index (Phi) is 4.21. The third-order valence-corrected chi connectivity index (χ3v) is 4.88. The van der Waals surface area contributed by atoms with Crippen LogP contribution in [0.5, 0.6) is 0 Å². The molecule has 1 saturated carbocycles. The normalized spacial score (nSPS) is 25.4. The molecule has 0 aromatic carbocycles. The van der Waals surface area contributed by atoms with Crippen LogP contribution in [-0.4, -0.2) is 30.2 Å². The Morgan fingerprint density at radius 1 is 1.19 bits per heavy atom. The van der Waals surface area contributed by atoms with Gasteiger partial charge in [-0.1, -0.05) is 12.5 Å². The van der Waals surface area contributed by atoms with Crippen LogP contribution >= 0.6 is 0 Å². The van der Waals surface area contributed by atoms with Crippen LogP contribution in [0.2, 0.25) is 0 Å².